The summed E-state index contributed by atoms with van der Waals surface area (Å²) in [4.78, 5) is 28.4. The van der Waals surface area contributed by atoms with Crippen molar-refractivity contribution in [3.8, 4) is 5.69 Å². The van der Waals surface area contributed by atoms with Crippen molar-refractivity contribution in [1.29, 1.82) is 0 Å². The quantitative estimate of drug-likeness (QED) is 0.835. The zero-order valence-corrected chi connectivity index (χ0v) is 15.0. The molecule has 1 unspecified atom stereocenters. The first-order valence-corrected chi connectivity index (χ1v) is 8.46. The maximum absolute atomic E-state index is 12.9. The standard InChI is InChI=1S/C18H23N5O3/c1-21(2)11-14-12-22(8-9-26-14)18(25)15-10-16(17(19)24)23(20-15)13-6-4-3-5-7-13/h3-7,10,14H,8-9,11-12H2,1-2H3,(H2,19,24). The maximum atomic E-state index is 12.9. The molecular weight excluding hydrogens is 334 g/mol. The molecule has 2 aromatic rings. The number of carbonyl (C=O) groups is 2. The zero-order chi connectivity index (χ0) is 18.7. The molecule has 0 aliphatic carbocycles. The number of rotatable bonds is 5. The van der Waals surface area contributed by atoms with Gasteiger partial charge >= 0.3 is 0 Å². The van der Waals surface area contributed by atoms with Gasteiger partial charge in [-0.1, -0.05) is 18.2 Å². The second-order valence-corrected chi connectivity index (χ2v) is 6.53. The molecule has 138 valence electrons. The Hall–Kier alpha value is -2.71. The molecule has 2 N–H and O–H groups in total. The molecule has 1 aromatic carbocycles. The molecular formula is C18H23N5O3. The number of morpholine rings is 1. The van der Waals surface area contributed by atoms with Gasteiger partial charge in [0.25, 0.3) is 11.8 Å². The number of carbonyl (C=O) groups excluding carboxylic acids is 2. The van der Waals surface area contributed by atoms with Gasteiger partial charge in [-0.25, -0.2) is 4.68 Å². The lowest BCUT2D eigenvalue weighted by atomic mass is 10.2. The summed E-state index contributed by atoms with van der Waals surface area (Å²) in [6, 6.07) is 10.6. The molecule has 0 spiro atoms. The average molecular weight is 357 g/mol. The van der Waals surface area contributed by atoms with Gasteiger partial charge in [-0.05, 0) is 26.2 Å². The second-order valence-electron chi connectivity index (χ2n) is 6.53. The van der Waals surface area contributed by atoms with E-state index in [4.69, 9.17) is 10.5 Å². The van der Waals surface area contributed by atoms with Gasteiger partial charge in [-0.15, -0.1) is 0 Å². The van der Waals surface area contributed by atoms with E-state index in [9.17, 15) is 9.59 Å². The van der Waals surface area contributed by atoms with Crippen LogP contribution in [0.5, 0.6) is 0 Å². The molecule has 26 heavy (non-hydrogen) atoms. The predicted octanol–water partition coefficient (Wildman–Crippen LogP) is 0.374. The van der Waals surface area contributed by atoms with Crippen LogP contribution in [0.15, 0.2) is 36.4 Å². The van der Waals surface area contributed by atoms with Crippen molar-refractivity contribution in [3.63, 3.8) is 0 Å². The molecule has 1 aromatic heterocycles. The van der Waals surface area contributed by atoms with Crippen molar-refractivity contribution < 1.29 is 14.3 Å². The number of ether oxygens (including phenoxy) is 1. The van der Waals surface area contributed by atoms with E-state index in [0.717, 1.165) is 6.54 Å². The lowest BCUT2D eigenvalue weighted by molar-refractivity contribution is -0.0308. The number of primary amides is 1. The Morgan fingerprint density at radius 3 is 2.69 bits per heavy atom. The van der Waals surface area contributed by atoms with Crippen molar-refractivity contribution in [1.82, 2.24) is 19.6 Å². The molecule has 3 rings (SSSR count). The first-order chi connectivity index (χ1) is 12.5. The number of amides is 2. The summed E-state index contributed by atoms with van der Waals surface area (Å²) in [6.45, 7) is 2.19. The highest BCUT2D eigenvalue weighted by Crippen LogP contribution is 2.16. The third kappa shape index (κ3) is 3.92. The topological polar surface area (TPSA) is 93.7 Å². The number of aromatic nitrogens is 2. The minimum atomic E-state index is -0.632. The molecule has 2 heterocycles. The highest BCUT2D eigenvalue weighted by atomic mass is 16.5. The minimum absolute atomic E-state index is 0.0467. The Labute approximate surface area is 152 Å². The van der Waals surface area contributed by atoms with Crippen LogP contribution in [0, 0.1) is 0 Å². The Bertz CT molecular complexity index is 787. The Balaban J connectivity index is 1.85. The summed E-state index contributed by atoms with van der Waals surface area (Å²) in [5.74, 6) is -0.859. The molecule has 0 radical (unpaired) electrons. The largest absolute Gasteiger partial charge is 0.373 e. The van der Waals surface area contributed by atoms with Gasteiger partial charge in [0.1, 0.15) is 5.69 Å². The second kappa shape index (κ2) is 7.67. The zero-order valence-electron chi connectivity index (χ0n) is 15.0. The van der Waals surface area contributed by atoms with E-state index < -0.39 is 5.91 Å². The molecule has 1 atom stereocenters. The van der Waals surface area contributed by atoms with Gasteiger partial charge in [0, 0.05) is 25.7 Å². The summed E-state index contributed by atoms with van der Waals surface area (Å²) in [6.07, 6.45) is -0.0467. The fourth-order valence-corrected chi connectivity index (χ4v) is 3.01. The SMILES string of the molecule is CN(C)CC1CN(C(=O)c2cc(C(N)=O)n(-c3ccccc3)n2)CCO1. The van der Waals surface area contributed by atoms with Crippen LogP contribution in [-0.2, 0) is 4.74 Å². The minimum Gasteiger partial charge on any atom is -0.373 e. The lowest BCUT2D eigenvalue weighted by Crippen LogP contribution is -2.48. The molecule has 8 heteroatoms. The monoisotopic (exact) mass is 357 g/mol. The van der Waals surface area contributed by atoms with Crippen LogP contribution in [0.3, 0.4) is 0 Å². The van der Waals surface area contributed by atoms with E-state index >= 15 is 0 Å². The number of nitrogens with zero attached hydrogens (tertiary/aromatic N) is 4. The van der Waals surface area contributed by atoms with E-state index in [0.29, 0.717) is 25.4 Å². The molecule has 1 aliphatic rings. The van der Waals surface area contributed by atoms with Gasteiger partial charge in [-0.3, -0.25) is 9.59 Å². The predicted molar refractivity (Wildman–Crippen MR) is 96.3 cm³/mol. The number of hydrogen-bond acceptors (Lipinski definition) is 5. The summed E-state index contributed by atoms with van der Waals surface area (Å²) < 4.78 is 7.12. The van der Waals surface area contributed by atoms with Crippen LogP contribution in [0.1, 0.15) is 21.0 Å². The average Bonchev–Trinajstić information content (AvgIpc) is 3.07. The van der Waals surface area contributed by atoms with Crippen LogP contribution >= 0.6 is 0 Å². The van der Waals surface area contributed by atoms with Gasteiger partial charge < -0.3 is 20.3 Å². The fraction of sp³-hybridized carbons (Fsp3) is 0.389. The molecule has 1 fully saturated rings. The third-order valence-corrected chi connectivity index (χ3v) is 4.18. The Morgan fingerprint density at radius 2 is 2.04 bits per heavy atom. The van der Waals surface area contributed by atoms with Crippen molar-refractivity contribution >= 4 is 11.8 Å². The van der Waals surface area contributed by atoms with Gasteiger partial charge in [0.15, 0.2) is 5.69 Å². The van der Waals surface area contributed by atoms with Crippen molar-refractivity contribution in [2.24, 2.45) is 5.73 Å². The van der Waals surface area contributed by atoms with Crippen LogP contribution in [0.4, 0.5) is 0 Å². The van der Waals surface area contributed by atoms with Crippen LogP contribution < -0.4 is 5.73 Å². The van der Waals surface area contributed by atoms with Gasteiger partial charge in [-0.2, -0.15) is 5.10 Å². The summed E-state index contributed by atoms with van der Waals surface area (Å²) in [7, 11) is 3.93. The highest BCUT2D eigenvalue weighted by molar-refractivity contribution is 5.97. The summed E-state index contributed by atoms with van der Waals surface area (Å²) in [5.41, 5.74) is 6.52. The van der Waals surface area contributed by atoms with E-state index in [2.05, 4.69) is 5.10 Å². The molecule has 1 aliphatic heterocycles. The number of para-hydroxylation sites is 1. The van der Waals surface area contributed by atoms with E-state index in [1.54, 1.807) is 17.0 Å². The van der Waals surface area contributed by atoms with Crippen LogP contribution in [-0.4, -0.2) is 77.8 Å². The fourth-order valence-electron chi connectivity index (χ4n) is 3.01. The first-order valence-electron chi connectivity index (χ1n) is 8.46. The van der Waals surface area contributed by atoms with Crippen molar-refractivity contribution in [2.45, 2.75) is 6.10 Å². The van der Waals surface area contributed by atoms with Crippen LogP contribution in [0.25, 0.3) is 5.69 Å². The molecule has 0 bridgehead atoms. The van der Waals surface area contributed by atoms with Crippen molar-refractivity contribution in [3.05, 3.63) is 47.8 Å². The van der Waals surface area contributed by atoms with Crippen LogP contribution in [0.2, 0.25) is 0 Å². The summed E-state index contributed by atoms with van der Waals surface area (Å²) >= 11 is 0. The number of likely N-dealkylation sites (N-methyl/N-ethyl adjacent to an activating group) is 1. The maximum Gasteiger partial charge on any atom is 0.274 e. The lowest BCUT2D eigenvalue weighted by Gasteiger charge is -2.33. The normalized spacial score (nSPS) is 17.5. The summed E-state index contributed by atoms with van der Waals surface area (Å²) in [5, 5.41) is 4.34. The molecule has 0 saturated carbocycles. The number of nitrogens with two attached hydrogens (primary N) is 1. The number of hydrogen-bond donors (Lipinski definition) is 1. The van der Waals surface area contributed by atoms with Gasteiger partial charge in [0.2, 0.25) is 0 Å². The smallest absolute Gasteiger partial charge is 0.274 e. The van der Waals surface area contributed by atoms with E-state index in [1.165, 1.54) is 10.7 Å². The molecule has 8 nitrogen and oxygen atoms in total. The Kier molecular flexibility index (Phi) is 5.34. The van der Waals surface area contributed by atoms with Gasteiger partial charge in [0.05, 0.1) is 18.4 Å². The third-order valence-electron chi connectivity index (χ3n) is 4.18. The number of benzene rings is 1. The van der Waals surface area contributed by atoms with Crippen molar-refractivity contribution in [2.75, 3.05) is 40.3 Å². The van der Waals surface area contributed by atoms with E-state index in [1.807, 2.05) is 37.2 Å². The highest BCUT2D eigenvalue weighted by Gasteiger charge is 2.28. The van der Waals surface area contributed by atoms with E-state index in [-0.39, 0.29) is 23.4 Å². The first kappa shape index (κ1) is 18.1. The Morgan fingerprint density at radius 1 is 1.31 bits per heavy atom. The molecule has 2 amide bonds. The molecule has 1 saturated heterocycles.